The largest absolute Gasteiger partial charge is 0.296 e. The van der Waals surface area contributed by atoms with Crippen molar-refractivity contribution >= 4 is 0 Å². The maximum Gasteiger partial charge on any atom is 0.0162 e. The van der Waals surface area contributed by atoms with Crippen molar-refractivity contribution in [3.63, 3.8) is 0 Å². The van der Waals surface area contributed by atoms with Crippen LogP contribution in [0.25, 0.3) is 0 Å². The van der Waals surface area contributed by atoms with Crippen molar-refractivity contribution in [2.45, 2.75) is 60.0 Å². The average Bonchev–Trinajstić information content (AvgIpc) is 1.88. The Labute approximate surface area is 88.9 Å². The molecule has 2 aliphatic rings. The number of piperidine rings is 1. The first kappa shape index (κ1) is 10.5. The van der Waals surface area contributed by atoms with Gasteiger partial charge in [-0.25, -0.2) is 0 Å². The lowest BCUT2D eigenvalue weighted by molar-refractivity contribution is -0.182. The van der Waals surface area contributed by atoms with Crippen LogP contribution in [0.2, 0.25) is 0 Å². The second-order valence-electron chi connectivity index (χ2n) is 7.35. The van der Waals surface area contributed by atoms with Crippen LogP contribution in [0.5, 0.6) is 0 Å². The summed E-state index contributed by atoms with van der Waals surface area (Å²) < 4.78 is 0. The van der Waals surface area contributed by atoms with Crippen LogP contribution in [0.4, 0.5) is 0 Å². The van der Waals surface area contributed by atoms with E-state index in [1.54, 1.807) is 0 Å². The Kier molecular flexibility index (Phi) is 2.06. The SMILES string of the molecule is CC(C)(C)C1CN2C1CC2C(C)(C)C. The molecule has 0 aromatic rings. The first-order valence-electron chi connectivity index (χ1n) is 5.97. The van der Waals surface area contributed by atoms with E-state index in [2.05, 4.69) is 46.4 Å². The lowest BCUT2D eigenvalue weighted by Gasteiger charge is -2.67. The zero-order chi connectivity index (χ0) is 10.7. The summed E-state index contributed by atoms with van der Waals surface area (Å²) in [4.78, 5) is 2.72. The molecule has 0 radical (unpaired) electrons. The van der Waals surface area contributed by atoms with Gasteiger partial charge in [-0.2, -0.15) is 0 Å². The molecule has 0 amide bonds. The predicted octanol–water partition coefficient (Wildman–Crippen LogP) is 3.15. The molecule has 2 heterocycles. The fourth-order valence-corrected chi connectivity index (χ4v) is 3.16. The molecule has 82 valence electrons. The van der Waals surface area contributed by atoms with Gasteiger partial charge in [-0.05, 0) is 23.2 Å². The summed E-state index contributed by atoms with van der Waals surface area (Å²) in [5, 5.41) is 0. The highest BCUT2D eigenvalue weighted by Gasteiger charge is 2.57. The molecule has 14 heavy (non-hydrogen) atoms. The molecular formula is C13H25N. The summed E-state index contributed by atoms with van der Waals surface area (Å²) in [6.07, 6.45) is 1.44. The van der Waals surface area contributed by atoms with Crippen LogP contribution in [0.3, 0.4) is 0 Å². The number of hydrogen-bond donors (Lipinski definition) is 0. The lowest BCUT2D eigenvalue weighted by Crippen LogP contribution is -2.75. The molecule has 0 aromatic carbocycles. The third-order valence-corrected chi connectivity index (χ3v) is 4.28. The molecule has 3 atom stereocenters. The molecule has 2 saturated heterocycles. The van der Waals surface area contributed by atoms with Crippen LogP contribution >= 0.6 is 0 Å². The molecule has 1 nitrogen and oxygen atoms in total. The van der Waals surface area contributed by atoms with Gasteiger partial charge in [0.2, 0.25) is 0 Å². The Hall–Kier alpha value is -0.0400. The van der Waals surface area contributed by atoms with Crippen LogP contribution in [0, 0.1) is 16.7 Å². The maximum absolute atomic E-state index is 2.72. The number of hydrogen-bond acceptors (Lipinski definition) is 1. The molecule has 3 unspecified atom stereocenters. The smallest absolute Gasteiger partial charge is 0.0162 e. The van der Waals surface area contributed by atoms with Gasteiger partial charge in [0.1, 0.15) is 0 Å². The van der Waals surface area contributed by atoms with Gasteiger partial charge >= 0.3 is 0 Å². The van der Waals surface area contributed by atoms with E-state index in [1.165, 1.54) is 13.0 Å². The topological polar surface area (TPSA) is 3.24 Å². The van der Waals surface area contributed by atoms with E-state index in [9.17, 15) is 0 Å². The van der Waals surface area contributed by atoms with Gasteiger partial charge in [0, 0.05) is 18.6 Å². The monoisotopic (exact) mass is 195 g/mol. The summed E-state index contributed by atoms with van der Waals surface area (Å²) in [7, 11) is 0. The maximum atomic E-state index is 2.72. The van der Waals surface area contributed by atoms with Crippen molar-refractivity contribution < 1.29 is 0 Å². The van der Waals surface area contributed by atoms with E-state index in [-0.39, 0.29) is 0 Å². The summed E-state index contributed by atoms with van der Waals surface area (Å²) in [6, 6.07) is 1.77. The summed E-state index contributed by atoms with van der Waals surface area (Å²) >= 11 is 0. The standard InChI is InChI=1S/C13H25N/c1-12(2,3)9-8-14-10(9)7-11(14)13(4,5)6/h9-11H,7-8H2,1-6H3. The summed E-state index contributed by atoms with van der Waals surface area (Å²) in [5.74, 6) is 0.945. The van der Waals surface area contributed by atoms with Crippen LogP contribution in [0.15, 0.2) is 0 Å². The average molecular weight is 195 g/mol. The molecule has 0 aliphatic carbocycles. The highest BCUT2D eigenvalue weighted by atomic mass is 15.3. The fourth-order valence-electron chi connectivity index (χ4n) is 3.16. The van der Waals surface area contributed by atoms with E-state index >= 15 is 0 Å². The Balaban J connectivity index is 1.93. The predicted molar refractivity (Wildman–Crippen MR) is 61.3 cm³/mol. The van der Waals surface area contributed by atoms with Crippen molar-refractivity contribution in [2.75, 3.05) is 6.54 Å². The summed E-state index contributed by atoms with van der Waals surface area (Å²) in [5.41, 5.74) is 1.00. The van der Waals surface area contributed by atoms with Gasteiger partial charge in [0.15, 0.2) is 0 Å². The van der Waals surface area contributed by atoms with E-state index in [0.29, 0.717) is 10.8 Å². The fraction of sp³-hybridized carbons (Fsp3) is 1.00. The molecule has 2 fully saturated rings. The van der Waals surface area contributed by atoms with Crippen LogP contribution in [0.1, 0.15) is 48.0 Å². The van der Waals surface area contributed by atoms with E-state index < -0.39 is 0 Å². The van der Waals surface area contributed by atoms with Crippen molar-refractivity contribution in [2.24, 2.45) is 16.7 Å². The molecule has 2 aliphatic heterocycles. The van der Waals surface area contributed by atoms with Crippen LogP contribution in [-0.2, 0) is 0 Å². The van der Waals surface area contributed by atoms with Gasteiger partial charge < -0.3 is 0 Å². The summed E-state index contributed by atoms with van der Waals surface area (Å²) in [6.45, 7) is 15.6. The second kappa shape index (κ2) is 2.75. The first-order chi connectivity index (χ1) is 6.21. The minimum absolute atomic E-state index is 0.485. The Morgan fingerprint density at radius 3 is 1.79 bits per heavy atom. The van der Waals surface area contributed by atoms with Crippen molar-refractivity contribution in [3.05, 3.63) is 0 Å². The van der Waals surface area contributed by atoms with Gasteiger partial charge in [0.25, 0.3) is 0 Å². The van der Waals surface area contributed by atoms with E-state index in [4.69, 9.17) is 0 Å². The highest BCUT2D eigenvalue weighted by molar-refractivity contribution is 5.11. The first-order valence-corrected chi connectivity index (χ1v) is 5.97. The third-order valence-electron chi connectivity index (χ3n) is 4.28. The Morgan fingerprint density at radius 1 is 0.929 bits per heavy atom. The molecule has 2 rings (SSSR count). The minimum Gasteiger partial charge on any atom is -0.296 e. The number of nitrogens with zero attached hydrogens (tertiary/aromatic N) is 1. The lowest BCUT2D eigenvalue weighted by atomic mass is 9.60. The van der Waals surface area contributed by atoms with Crippen LogP contribution in [-0.4, -0.2) is 23.5 Å². The Bertz CT molecular complexity index is 205. The quantitative estimate of drug-likeness (QED) is 0.574. The van der Waals surface area contributed by atoms with Gasteiger partial charge in [-0.3, -0.25) is 4.90 Å². The van der Waals surface area contributed by atoms with Crippen molar-refractivity contribution in [3.8, 4) is 0 Å². The number of fused-ring (bicyclic) bond motifs is 1. The number of rotatable bonds is 0. The normalized spacial score (nSPS) is 38.6. The third kappa shape index (κ3) is 1.41. The second-order valence-corrected chi connectivity index (χ2v) is 7.35. The molecule has 0 saturated carbocycles. The highest BCUT2D eigenvalue weighted by Crippen LogP contribution is 2.52. The van der Waals surface area contributed by atoms with Gasteiger partial charge in [0.05, 0.1) is 0 Å². The van der Waals surface area contributed by atoms with Crippen molar-refractivity contribution in [1.29, 1.82) is 0 Å². The van der Waals surface area contributed by atoms with Gasteiger partial charge in [-0.15, -0.1) is 0 Å². The molecule has 1 heteroatoms. The molecular weight excluding hydrogens is 170 g/mol. The van der Waals surface area contributed by atoms with Gasteiger partial charge in [-0.1, -0.05) is 41.5 Å². The molecule has 0 bridgehead atoms. The van der Waals surface area contributed by atoms with E-state index in [0.717, 1.165) is 18.0 Å². The molecule has 0 spiro atoms. The zero-order valence-electron chi connectivity index (χ0n) is 10.6. The van der Waals surface area contributed by atoms with E-state index in [1.807, 2.05) is 0 Å². The van der Waals surface area contributed by atoms with Crippen LogP contribution < -0.4 is 0 Å². The Morgan fingerprint density at radius 2 is 1.50 bits per heavy atom. The van der Waals surface area contributed by atoms with Crippen molar-refractivity contribution in [1.82, 2.24) is 4.90 Å². The molecule has 0 aromatic heterocycles. The minimum atomic E-state index is 0.485. The molecule has 0 N–H and O–H groups in total. The zero-order valence-corrected chi connectivity index (χ0v) is 10.6.